The average molecular weight is 383 g/mol. The molecule has 0 aliphatic carbocycles. The van der Waals surface area contributed by atoms with E-state index >= 15 is 0 Å². The molecular formula is C16H25N5O4S. The first-order valence-corrected chi connectivity index (χ1v) is 10.0. The van der Waals surface area contributed by atoms with Gasteiger partial charge in [0.15, 0.2) is 5.82 Å². The third-order valence-corrected chi connectivity index (χ3v) is 6.19. The molecule has 0 amide bonds. The zero-order valence-corrected chi connectivity index (χ0v) is 16.5. The van der Waals surface area contributed by atoms with Gasteiger partial charge in [0.05, 0.1) is 25.1 Å². The second kappa shape index (κ2) is 6.75. The van der Waals surface area contributed by atoms with Crippen LogP contribution in [0.1, 0.15) is 64.0 Å². The number of hydrogen-bond donors (Lipinski definition) is 1. The Morgan fingerprint density at radius 2 is 2.08 bits per heavy atom. The molecule has 0 saturated carbocycles. The van der Waals surface area contributed by atoms with Crippen molar-refractivity contribution in [1.29, 1.82) is 0 Å². The molecule has 0 spiro atoms. The molecular weight excluding hydrogens is 358 g/mol. The highest BCUT2D eigenvalue weighted by molar-refractivity contribution is 7.89. The summed E-state index contributed by atoms with van der Waals surface area (Å²) in [4.78, 5) is 4.53. The summed E-state index contributed by atoms with van der Waals surface area (Å²) in [5.74, 6) is 0.853. The molecule has 0 radical (unpaired) electrons. The van der Waals surface area contributed by atoms with E-state index in [4.69, 9.17) is 9.26 Å². The van der Waals surface area contributed by atoms with E-state index < -0.39 is 21.5 Å². The van der Waals surface area contributed by atoms with Gasteiger partial charge in [-0.1, -0.05) is 39.8 Å². The second-order valence-electron chi connectivity index (χ2n) is 7.71. The van der Waals surface area contributed by atoms with Crippen LogP contribution in [0.25, 0.3) is 0 Å². The van der Waals surface area contributed by atoms with Crippen molar-refractivity contribution in [3.8, 4) is 0 Å². The van der Waals surface area contributed by atoms with Crippen molar-refractivity contribution in [3.05, 3.63) is 23.6 Å². The number of hydrogen-bond acceptors (Lipinski definition) is 7. The highest BCUT2D eigenvalue weighted by Gasteiger charge is 2.40. The number of nitrogens with one attached hydrogen (secondary N) is 1. The van der Waals surface area contributed by atoms with Crippen molar-refractivity contribution < 1.29 is 17.7 Å². The van der Waals surface area contributed by atoms with Crippen LogP contribution in [0.5, 0.6) is 0 Å². The minimum absolute atomic E-state index is 0.0622. The Bertz CT molecular complexity index is 865. The summed E-state index contributed by atoms with van der Waals surface area (Å²) in [5.41, 5.74) is 0.177. The molecule has 2 aromatic rings. The third-order valence-electron chi connectivity index (χ3n) is 4.27. The topological polar surface area (TPSA) is 114 Å². The molecule has 0 bridgehead atoms. The van der Waals surface area contributed by atoms with Crippen LogP contribution in [0.4, 0.5) is 0 Å². The van der Waals surface area contributed by atoms with Gasteiger partial charge in [0.2, 0.25) is 15.9 Å². The van der Waals surface area contributed by atoms with Crippen molar-refractivity contribution >= 4 is 10.0 Å². The number of sulfonamides is 1. The van der Waals surface area contributed by atoms with Crippen LogP contribution in [-0.4, -0.2) is 52.8 Å². The maximum absolute atomic E-state index is 13.4. The van der Waals surface area contributed by atoms with Crippen molar-refractivity contribution in [3.63, 3.8) is 0 Å². The highest BCUT2D eigenvalue weighted by atomic mass is 32.2. The molecule has 3 heterocycles. The van der Waals surface area contributed by atoms with Gasteiger partial charge in [0.25, 0.3) is 0 Å². The zero-order chi connectivity index (χ0) is 19.1. The van der Waals surface area contributed by atoms with E-state index in [1.807, 2.05) is 34.6 Å². The molecule has 1 unspecified atom stereocenters. The summed E-state index contributed by atoms with van der Waals surface area (Å²) in [6, 6.07) is -0.632. The van der Waals surface area contributed by atoms with Gasteiger partial charge in [-0.25, -0.2) is 8.42 Å². The van der Waals surface area contributed by atoms with Crippen molar-refractivity contribution in [1.82, 2.24) is 24.6 Å². The fourth-order valence-corrected chi connectivity index (χ4v) is 4.68. The lowest BCUT2D eigenvalue weighted by molar-refractivity contribution is 0.0281. The number of nitrogens with zero attached hydrogens (tertiary/aromatic N) is 4. The Morgan fingerprint density at radius 1 is 1.35 bits per heavy atom. The summed E-state index contributed by atoms with van der Waals surface area (Å²) >= 11 is 0. The molecule has 10 heteroatoms. The largest absolute Gasteiger partial charge is 0.378 e. The number of rotatable bonds is 4. The Hall–Kier alpha value is -1.78. The van der Waals surface area contributed by atoms with E-state index in [1.54, 1.807) is 0 Å². The Labute approximate surface area is 153 Å². The quantitative estimate of drug-likeness (QED) is 0.858. The molecule has 1 atom stereocenters. The van der Waals surface area contributed by atoms with E-state index in [0.717, 1.165) is 0 Å². The molecule has 26 heavy (non-hydrogen) atoms. The third kappa shape index (κ3) is 3.40. The maximum Gasteiger partial charge on any atom is 0.247 e. The Kier molecular flexibility index (Phi) is 4.93. The first kappa shape index (κ1) is 19.0. The minimum atomic E-state index is -3.80. The van der Waals surface area contributed by atoms with Crippen molar-refractivity contribution in [2.75, 3.05) is 19.8 Å². The standard InChI is InChI=1S/C16H25N5O4S/c1-10(2)15-18-14(20-25-15)11-9-24-7-6-21(11)26(22,23)12-8-17-19-13(12)16(3,4)5/h8,10-11H,6-7,9H2,1-5H3,(H,17,19). The maximum atomic E-state index is 13.4. The van der Waals surface area contributed by atoms with Gasteiger partial charge in [-0.3, -0.25) is 5.10 Å². The number of morpholine rings is 1. The summed E-state index contributed by atoms with van der Waals surface area (Å²) < 4.78 is 38.9. The molecule has 1 saturated heterocycles. The van der Waals surface area contributed by atoms with Gasteiger partial charge in [-0.05, 0) is 0 Å². The first-order chi connectivity index (χ1) is 12.1. The lowest BCUT2D eigenvalue weighted by Gasteiger charge is -2.33. The summed E-state index contributed by atoms with van der Waals surface area (Å²) in [5, 5.41) is 10.8. The van der Waals surface area contributed by atoms with Gasteiger partial charge in [-0.15, -0.1) is 0 Å². The van der Waals surface area contributed by atoms with Gasteiger partial charge in [0.1, 0.15) is 10.9 Å². The summed E-state index contributed by atoms with van der Waals surface area (Å²) in [6.45, 7) is 10.4. The molecule has 9 nitrogen and oxygen atoms in total. The Balaban J connectivity index is 2.00. The first-order valence-electron chi connectivity index (χ1n) is 8.59. The predicted octanol–water partition coefficient (Wildman–Crippen LogP) is 1.98. The molecule has 144 valence electrons. The lowest BCUT2D eigenvalue weighted by atomic mass is 9.92. The smallest absolute Gasteiger partial charge is 0.247 e. The molecule has 2 aromatic heterocycles. The summed E-state index contributed by atoms with van der Waals surface area (Å²) in [7, 11) is -3.80. The van der Waals surface area contributed by atoms with E-state index in [0.29, 0.717) is 24.0 Å². The van der Waals surface area contributed by atoms with Crippen LogP contribution < -0.4 is 0 Å². The Morgan fingerprint density at radius 3 is 2.69 bits per heavy atom. The van der Waals surface area contributed by atoms with Crippen LogP contribution in [0.3, 0.4) is 0 Å². The van der Waals surface area contributed by atoms with E-state index in [-0.39, 0.29) is 24.0 Å². The molecule has 1 fully saturated rings. The SMILES string of the molecule is CC(C)c1nc(C2COCCN2S(=O)(=O)c2cn[nH]c2C(C)(C)C)no1. The van der Waals surface area contributed by atoms with Crippen LogP contribution >= 0.6 is 0 Å². The molecule has 3 rings (SSSR count). The molecule has 1 N–H and O–H groups in total. The van der Waals surface area contributed by atoms with Gasteiger partial charge < -0.3 is 9.26 Å². The predicted molar refractivity (Wildman–Crippen MR) is 93.1 cm³/mol. The summed E-state index contributed by atoms with van der Waals surface area (Å²) in [6.07, 6.45) is 1.36. The normalized spacial score (nSPS) is 20.0. The average Bonchev–Trinajstić information content (AvgIpc) is 3.24. The highest BCUT2D eigenvalue weighted by Crippen LogP contribution is 2.33. The van der Waals surface area contributed by atoms with E-state index in [2.05, 4.69) is 20.3 Å². The fourth-order valence-electron chi connectivity index (χ4n) is 2.83. The number of ether oxygens (including phenoxy) is 1. The van der Waals surface area contributed by atoms with Crippen LogP contribution in [0.2, 0.25) is 0 Å². The molecule has 0 aromatic carbocycles. The lowest BCUT2D eigenvalue weighted by Crippen LogP contribution is -2.44. The number of aromatic amines is 1. The van der Waals surface area contributed by atoms with E-state index in [9.17, 15) is 8.42 Å². The minimum Gasteiger partial charge on any atom is -0.378 e. The van der Waals surface area contributed by atoms with Gasteiger partial charge >= 0.3 is 0 Å². The van der Waals surface area contributed by atoms with Crippen molar-refractivity contribution in [2.45, 2.75) is 56.9 Å². The number of H-pyrrole nitrogens is 1. The molecule has 1 aliphatic rings. The monoisotopic (exact) mass is 383 g/mol. The van der Waals surface area contributed by atoms with Crippen LogP contribution in [0.15, 0.2) is 15.6 Å². The van der Waals surface area contributed by atoms with Gasteiger partial charge in [-0.2, -0.15) is 14.4 Å². The second-order valence-corrected chi connectivity index (χ2v) is 9.57. The van der Waals surface area contributed by atoms with Crippen LogP contribution in [0, 0.1) is 0 Å². The number of aromatic nitrogens is 4. The van der Waals surface area contributed by atoms with E-state index in [1.165, 1.54) is 10.5 Å². The van der Waals surface area contributed by atoms with Crippen LogP contribution in [-0.2, 0) is 20.2 Å². The van der Waals surface area contributed by atoms with Gasteiger partial charge in [0, 0.05) is 17.9 Å². The van der Waals surface area contributed by atoms with Crippen molar-refractivity contribution in [2.24, 2.45) is 0 Å². The zero-order valence-electron chi connectivity index (χ0n) is 15.7. The molecule has 1 aliphatic heterocycles. The fraction of sp³-hybridized carbons (Fsp3) is 0.688.